The van der Waals surface area contributed by atoms with E-state index in [2.05, 4.69) is 48.4 Å². The summed E-state index contributed by atoms with van der Waals surface area (Å²) >= 11 is 0. The summed E-state index contributed by atoms with van der Waals surface area (Å²) < 4.78 is 10.6. The van der Waals surface area contributed by atoms with Gasteiger partial charge in [-0.05, 0) is 51.3 Å². The van der Waals surface area contributed by atoms with Gasteiger partial charge in [0.2, 0.25) is 0 Å². The van der Waals surface area contributed by atoms with Crippen LogP contribution in [-0.4, -0.2) is 62.9 Å². The monoisotopic (exact) mass is 376 g/mol. The van der Waals surface area contributed by atoms with E-state index in [9.17, 15) is 0 Å². The SMILES string of the molecule is CCNC(=NCc1ccc(OCCOC)cc1)NC1CCN(C(C)C)CC1. The lowest BCUT2D eigenvalue weighted by atomic mass is 10.0. The fourth-order valence-corrected chi connectivity index (χ4v) is 3.18. The van der Waals surface area contributed by atoms with Gasteiger partial charge in [-0.2, -0.15) is 0 Å². The molecule has 1 aliphatic rings. The number of hydrogen-bond donors (Lipinski definition) is 2. The quantitative estimate of drug-likeness (QED) is 0.394. The standard InChI is InChI=1S/C21H36N4O2/c1-5-22-21(24-19-10-12-25(13-11-19)17(2)3)23-16-18-6-8-20(9-7-18)27-15-14-26-4/h6-9,17,19H,5,10-16H2,1-4H3,(H2,22,23,24). The van der Waals surface area contributed by atoms with Crippen molar-refractivity contribution in [3.63, 3.8) is 0 Å². The summed E-state index contributed by atoms with van der Waals surface area (Å²) in [6.45, 7) is 11.6. The molecule has 6 heteroatoms. The second kappa shape index (κ2) is 11.8. The molecule has 0 aliphatic carbocycles. The first-order valence-corrected chi connectivity index (χ1v) is 10.1. The molecule has 1 aromatic carbocycles. The lowest BCUT2D eigenvalue weighted by molar-refractivity contribution is 0.146. The van der Waals surface area contributed by atoms with Crippen LogP contribution in [0.4, 0.5) is 0 Å². The molecule has 0 saturated carbocycles. The Kier molecular flexibility index (Phi) is 9.42. The Morgan fingerprint density at radius 2 is 1.89 bits per heavy atom. The van der Waals surface area contributed by atoms with Gasteiger partial charge in [-0.3, -0.25) is 0 Å². The Morgan fingerprint density at radius 1 is 1.19 bits per heavy atom. The first-order chi connectivity index (χ1) is 13.1. The van der Waals surface area contributed by atoms with Gasteiger partial charge >= 0.3 is 0 Å². The van der Waals surface area contributed by atoms with Crippen molar-refractivity contribution in [2.75, 3.05) is 40.0 Å². The van der Waals surface area contributed by atoms with Crippen LogP contribution in [0.5, 0.6) is 5.75 Å². The number of guanidine groups is 1. The minimum Gasteiger partial charge on any atom is -0.491 e. The molecule has 0 atom stereocenters. The molecule has 6 nitrogen and oxygen atoms in total. The van der Waals surface area contributed by atoms with Gasteiger partial charge in [-0.15, -0.1) is 0 Å². The summed E-state index contributed by atoms with van der Waals surface area (Å²) in [5.41, 5.74) is 1.17. The number of nitrogens with zero attached hydrogens (tertiary/aromatic N) is 2. The zero-order chi connectivity index (χ0) is 19.5. The maximum atomic E-state index is 5.60. The summed E-state index contributed by atoms with van der Waals surface area (Å²) in [6, 6.07) is 9.24. The number of piperidine rings is 1. The number of benzene rings is 1. The molecule has 152 valence electrons. The van der Waals surface area contributed by atoms with Gasteiger partial charge in [-0.1, -0.05) is 12.1 Å². The molecule has 1 aromatic rings. The summed E-state index contributed by atoms with van der Waals surface area (Å²) in [7, 11) is 1.67. The van der Waals surface area contributed by atoms with Crippen LogP contribution in [0.25, 0.3) is 0 Å². The van der Waals surface area contributed by atoms with E-state index in [0.717, 1.165) is 44.2 Å². The number of hydrogen-bond acceptors (Lipinski definition) is 4. The lowest BCUT2D eigenvalue weighted by Crippen LogP contribution is -2.49. The zero-order valence-corrected chi connectivity index (χ0v) is 17.3. The van der Waals surface area contributed by atoms with Crippen molar-refractivity contribution in [2.45, 2.75) is 52.2 Å². The highest BCUT2D eigenvalue weighted by molar-refractivity contribution is 5.80. The van der Waals surface area contributed by atoms with Crippen LogP contribution in [0.2, 0.25) is 0 Å². The molecule has 0 unspecified atom stereocenters. The van der Waals surface area contributed by atoms with E-state index in [0.29, 0.717) is 31.8 Å². The summed E-state index contributed by atoms with van der Waals surface area (Å²) in [5.74, 6) is 1.77. The van der Waals surface area contributed by atoms with Crippen LogP contribution < -0.4 is 15.4 Å². The normalized spacial score (nSPS) is 16.6. The average molecular weight is 377 g/mol. The topological polar surface area (TPSA) is 58.1 Å². The third-order valence-corrected chi connectivity index (χ3v) is 4.84. The maximum Gasteiger partial charge on any atom is 0.191 e. The van der Waals surface area contributed by atoms with E-state index in [1.54, 1.807) is 7.11 Å². The molecule has 27 heavy (non-hydrogen) atoms. The Morgan fingerprint density at radius 3 is 2.48 bits per heavy atom. The molecule has 2 N–H and O–H groups in total. The van der Waals surface area contributed by atoms with Gasteiger partial charge in [0.25, 0.3) is 0 Å². The fourth-order valence-electron chi connectivity index (χ4n) is 3.18. The molecule has 2 rings (SSSR count). The predicted octanol–water partition coefficient (Wildman–Crippen LogP) is 2.64. The number of rotatable bonds is 9. The highest BCUT2D eigenvalue weighted by atomic mass is 16.5. The van der Waals surface area contributed by atoms with Crippen molar-refractivity contribution in [3.05, 3.63) is 29.8 Å². The van der Waals surface area contributed by atoms with E-state index in [1.165, 1.54) is 5.56 Å². The minimum atomic E-state index is 0.495. The van der Waals surface area contributed by atoms with Crippen molar-refractivity contribution < 1.29 is 9.47 Å². The van der Waals surface area contributed by atoms with E-state index in [1.807, 2.05) is 12.1 Å². The molecule has 1 aliphatic heterocycles. The third kappa shape index (κ3) is 7.77. The van der Waals surface area contributed by atoms with Crippen molar-refractivity contribution >= 4 is 5.96 Å². The molecule has 0 aromatic heterocycles. The van der Waals surface area contributed by atoms with Crippen molar-refractivity contribution in [3.8, 4) is 5.75 Å². The largest absolute Gasteiger partial charge is 0.491 e. The Bertz CT molecular complexity index is 552. The highest BCUT2D eigenvalue weighted by Crippen LogP contribution is 2.14. The van der Waals surface area contributed by atoms with Crippen LogP contribution in [0, 0.1) is 0 Å². The fraction of sp³-hybridized carbons (Fsp3) is 0.667. The summed E-state index contributed by atoms with van der Waals surface area (Å²) in [6.07, 6.45) is 2.33. The highest BCUT2D eigenvalue weighted by Gasteiger charge is 2.21. The predicted molar refractivity (Wildman–Crippen MR) is 111 cm³/mol. The van der Waals surface area contributed by atoms with Gasteiger partial charge in [-0.25, -0.2) is 4.99 Å². The van der Waals surface area contributed by atoms with Gasteiger partial charge in [0.05, 0.1) is 13.2 Å². The van der Waals surface area contributed by atoms with Crippen LogP contribution in [-0.2, 0) is 11.3 Å². The average Bonchev–Trinajstić information content (AvgIpc) is 2.68. The Hall–Kier alpha value is -1.79. The molecule has 1 fully saturated rings. The minimum absolute atomic E-state index is 0.495. The lowest BCUT2D eigenvalue weighted by Gasteiger charge is -2.35. The van der Waals surface area contributed by atoms with Crippen LogP contribution >= 0.6 is 0 Å². The second-order valence-corrected chi connectivity index (χ2v) is 7.23. The van der Waals surface area contributed by atoms with E-state index in [4.69, 9.17) is 14.5 Å². The molecular weight excluding hydrogens is 340 g/mol. The summed E-state index contributed by atoms with van der Waals surface area (Å²) in [4.78, 5) is 7.30. The number of nitrogens with one attached hydrogen (secondary N) is 2. The zero-order valence-electron chi connectivity index (χ0n) is 17.3. The van der Waals surface area contributed by atoms with Crippen LogP contribution in [0.1, 0.15) is 39.2 Å². The second-order valence-electron chi connectivity index (χ2n) is 7.23. The van der Waals surface area contributed by atoms with Crippen molar-refractivity contribution in [2.24, 2.45) is 4.99 Å². The molecule has 1 saturated heterocycles. The molecule has 0 radical (unpaired) electrons. The van der Waals surface area contributed by atoms with Crippen LogP contribution in [0.3, 0.4) is 0 Å². The molecular formula is C21H36N4O2. The van der Waals surface area contributed by atoms with Gasteiger partial charge in [0.1, 0.15) is 12.4 Å². The number of likely N-dealkylation sites (tertiary alicyclic amines) is 1. The Labute approximate surface area is 164 Å². The number of aliphatic imine (C=N–C) groups is 1. The van der Waals surface area contributed by atoms with Gasteiger partial charge in [0, 0.05) is 38.8 Å². The van der Waals surface area contributed by atoms with Crippen molar-refractivity contribution in [1.82, 2.24) is 15.5 Å². The summed E-state index contributed by atoms with van der Waals surface area (Å²) in [5, 5.41) is 6.97. The van der Waals surface area contributed by atoms with E-state index >= 15 is 0 Å². The first-order valence-electron chi connectivity index (χ1n) is 10.1. The first kappa shape index (κ1) is 21.5. The van der Waals surface area contributed by atoms with Gasteiger partial charge < -0.3 is 25.0 Å². The van der Waals surface area contributed by atoms with E-state index in [-0.39, 0.29) is 0 Å². The third-order valence-electron chi connectivity index (χ3n) is 4.84. The molecule has 0 bridgehead atoms. The maximum absolute atomic E-state index is 5.60. The van der Waals surface area contributed by atoms with Gasteiger partial charge in [0.15, 0.2) is 5.96 Å². The number of ether oxygens (including phenoxy) is 2. The molecule has 1 heterocycles. The smallest absolute Gasteiger partial charge is 0.191 e. The van der Waals surface area contributed by atoms with Crippen LogP contribution in [0.15, 0.2) is 29.3 Å². The molecule has 0 spiro atoms. The molecule has 0 amide bonds. The van der Waals surface area contributed by atoms with Crippen molar-refractivity contribution in [1.29, 1.82) is 0 Å². The number of methoxy groups -OCH3 is 1. The Balaban J connectivity index is 1.84. The van der Waals surface area contributed by atoms with E-state index < -0.39 is 0 Å².